The molecule has 3 nitrogen and oxygen atoms in total. The molecule has 0 aromatic rings. The van der Waals surface area contributed by atoms with Crippen LogP contribution in [0.25, 0.3) is 0 Å². The van der Waals surface area contributed by atoms with E-state index < -0.39 is 0 Å². The minimum Gasteiger partial charge on any atom is -0.396 e. The van der Waals surface area contributed by atoms with E-state index in [1.54, 1.807) is 14.2 Å². The maximum Gasteiger partial charge on any atom is 0.159 e. The molecule has 0 aliphatic carbocycles. The Balaban J connectivity index is 3.53. The molecule has 0 spiro atoms. The molecule has 1 atom stereocenters. The first-order valence-electron chi connectivity index (χ1n) is 3.42. The molecule has 0 saturated heterocycles. The van der Waals surface area contributed by atoms with Gasteiger partial charge in [0.05, 0.1) is 0 Å². The summed E-state index contributed by atoms with van der Waals surface area (Å²) in [6.45, 7) is 2.16. The summed E-state index contributed by atoms with van der Waals surface area (Å²) < 4.78 is 9.96. The van der Waals surface area contributed by atoms with E-state index in [0.29, 0.717) is 6.42 Å². The molecule has 0 radical (unpaired) electrons. The van der Waals surface area contributed by atoms with Gasteiger partial charge in [0.15, 0.2) is 6.29 Å². The molecule has 0 amide bonds. The van der Waals surface area contributed by atoms with E-state index >= 15 is 0 Å². The Morgan fingerprint density at radius 2 is 1.80 bits per heavy atom. The van der Waals surface area contributed by atoms with Crippen LogP contribution in [0.3, 0.4) is 0 Å². The van der Waals surface area contributed by atoms with Crippen LogP contribution < -0.4 is 0 Å². The third-order valence-corrected chi connectivity index (χ3v) is 1.51. The van der Waals surface area contributed by atoms with Crippen LogP contribution in [0.2, 0.25) is 0 Å². The van der Waals surface area contributed by atoms with E-state index in [1.165, 1.54) is 0 Å². The second-order valence-corrected chi connectivity index (χ2v) is 2.33. The van der Waals surface area contributed by atoms with Crippen molar-refractivity contribution in [3.63, 3.8) is 0 Å². The van der Waals surface area contributed by atoms with Gasteiger partial charge in [0.1, 0.15) is 0 Å². The van der Waals surface area contributed by atoms with Crippen molar-refractivity contribution >= 4 is 0 Å². The smallest absolute Gasteiger partial charge is 0.159 e. The predicted molar refractivity (Wildman–Crippen MR) is 38.7 cm³/mol. The van der Waals surface area contributed by atoms with Gasteiger partial charge in [-0.2, -0.15) is 0 Å². The molecule has 0 fully saturated rings. The summed E-state index contributed by atoms with van der Waals surface area (Å²) in [6.07, 6.45) is 0.527. The lowest BCUT2D eigenvalue weighted by atomic mass is 10.1. The summed E-state index contributed by atoms with van der Waals surface area (Å²) in [5.74, 6) is 0.250. The zero-order valence-corrected chi connectivity index (χ0v) is 6.83. The van der Waals surface area contributed by atoms with E-state index in [0.717, 1.165) is 0 Å². The molecule has 0 aromatic heterocycles. The van der Waals surface area contributed by atoms with Gasteiger partial charge in [0.2, 0.25) is 0 Å². The fourth-order valence-corrected chi connectivity index (χ4v) is 0.901. The highest BCUT2D eigenvalue weighted by Gasteiger charge is 2.14. The van der Waals surface area contributed by atoms with Gasteiger partial charge in [-0.3, -0.25) is 0 Å². The number of rotatable bonds is 5. The van der Waals surface area contributed by atoms with Crippen molar-refractivity contribution in [3.05, 3.63) is 0 Å². The van der Waals surface area contributed by atoms with Gasteiger partial charge in [-0.15, -0.1) is 0 Å². The van der Waals surface area contributed by atoms with Gasteiger partial charge >= 0.3 is 0 Å². The number of aliphatic hydroxyl groups excluding tert-OH is 1. The number of aliphatic hydroxyl groups is 1. The van der Waals surface area contributed by atoms with Crippen LogP contribution in [0, 0.1) is 5.92 Å². The summed E-state index contributed by atoms with van der Waals surface area (Å²) in [6, 6.07) is 0. The molecule has 0 rings (SSSR count). The van der Waals surface area contributed by atoms with Crippen molar-refractivity contribution < 1.29 is 14.6 Å². The third-order valence-electron chi connectivity index (χ3n) is 1.51. The lowest BCUT2D eigenvalue weighted by Gasteiger charge is -2.19. The average Bonchev–Trinajstić information content (AvgIpc) is 1.91. The van der Waals surface area contributed by atoms with Gasteiger partial charge < -0.3 is 14.6 Å². The van der Waals surface area contributed by atoms with Gasteiger partial charge in [-0.1, -0.05) is 6.92 Å². The Labute approximate surface area is 62.0 Å². The first-order chi connectivity index (χ1) is 4.76. The molecular weight excluding hydrogens is 132 g/mol. The van der Waals surface area contributed by atoms with Gasteiger partial charge in [0, 0.05) is 26.7 Å². The Hall–Kier alpha value is -0.120. The van der Waals surface area contributed by atoms with Crippen LogP contribution in [0.15, 0.2) is 0 Å². The SMILES string of the molecule is COC(OC)[C@@H](C)CCO. The Bertz CT molecular complexity index is 71.3. The number of methoxy groups -OCH3 is 2. The summed E-state index contributed by atoms with van der Waals surface area (Å²) in [5, 5.41) is 8.57. The van der Waals surface area contributed by atoms with Crippen molar-refractivity contribution in [2.24, 2.45) is 5.92 Å². The fraction of sp³-hybridized carbons (Fsp3) is 1.00. The molecular formula is C7H16O3. The molecule has 3 heteroatoms. The van der Waals surface area contributed by atoms with Crippen LogP contribution in [-0.2, 0) is 9.47 Å². The zero-order chi connectivity index (χ0) is 7.98. The van der Waals surface area contributed by atoms with Crippen LogP contribution >= 0.6 is 0 Å². The second kappa shape index (κ2) is 5.65. The molecule has 0 aliphatic heterocycles. The molecule has 0 bridgehead atoms. The first-order valence-corrected chi connectivity index (χ1v) is 3.42. The third kappa shape index (κ3) is 3.15. The van der Waals surface area contributed by atoms with Crippen molar-refractivity contribution in [1.82, 2.24) is 0 Å². The van der Waals surface area contributed by atoms with E-state index in [2.05, 4.69) is 0 Å². The van der Waals surface area contributed by atoms with Crippen molar-refractivity contribution in [2.75, 3.05) is 20.8 Å². The summed E-state index contributed by atoms with van der Waals surface area (Å²) >= 11 is 0. The maximum absolute atomic E-state index is 8.57. The molecule has 62 valence electrons. The Kier molecular flexibility index (Phi) is 5.58. The van der Waals surface area contributed by atoms with Gasteiger partial charge in [-0.25, -0.2) is 0 Å². The van der Waals surface area contributed by atoms with Gasteiger partial charge in [0.25, 0.3) is 0 Å². The van der Waals surface area contributed by atoms with E-state index in [1.807, 2.05) is 6.92 Å². The average molecular weight is 148 g/mol. The summed E-state index contributed by atoms with van der Waals surface area (Å²) in [4.78, 5) is 0. The normalized spacial score (nSPS) is 14.1. The lowest BCUT2D eigenvalue weighted by molar-refractivity contribution is -0.136. The first kappa shape index (κ1) is 9.88. The van der Waals surface area contributed by atoms with Crippen LogP contribution in [-0.4, -0.2) is 32.2 Å². The summed E-state index contributed by atoms with van der Waals surface area (Å²) in [5.41, 5.74) is 0. The highest BCUT2D eigenvalue weighted by Crippen LogP contribution is 2.10. The van der Waals surface area contributed by atoms with Crippen molar-refractivity contribution in [2.45, 2.75) is 19.6 Å². The zero-order valence-electron chi connectivity index (χ0n) is 6.83. The highest BCUT2D eigenvalue weighted by atomic mass is 16.7. The van der Waals surface area contributed by atoms with Crippen molar-refractivity contribution in [1.29, 1.82) is 0 Å². The quantitative estimate of drug-likeness (QED) is 0.581. The molecule has 1 N–H and O–H groups in total. The largest absolute Gasteiger partial charge is 0.396 e. The minimum atomic E-state index is -0.188. The topological polar surface area (TPSA) is 38.7 Å². The lowest BCUT2D eigenvalue weighted by Crippen LogP contribution is -2.23. The molecule has 0 unspecified atom stereocenters. The summed E-state index contributed by atoms with van der Waals surface area (Å²) in [7, 11) is 3.20. The number of hydrogen-bond acceptors (Lipinski definition) is 3. The van der Waals surface area contributed by atoms with Crippen LogP contribution in [0.1, 0.15) is 13.3 Å². The van der Waals surface area contributed by atoms with E-state index in [9.17, 15) is 0 Å². The standard InChI is InChI=1S/C7H16O3/c1-6(4-5-8)7(9-2)10-3/h6-8H,4-5H2,1-3H3/t6-/m0/s1. The van der Waals surface area contributed by atoms with Crippen LogP contribution in [0.4, 0.5) is 0 Å². The number of ether oxygens (including phenoxy) is 2. The molecule has 0 heterocycles. The fourth-order valence-electron chi connectivity index (χ4n) is 0.901. The minimum absolute atomic E-state index is 0.185. The monoisotopic (exact) mass is 148 g/mol. The predicted octanol–water partition coefficient (Wildman–Crippen LogP) is 0.624. The molecule has 10 heavy (non-hydrogen) atoms. The van der Waals surface area contributed by atoms with E-state index in [-0.39, 0.29) is 18.8 Å². The second-order valence-electron chi connectivity index (χ2n) is 2.33. The molecule has 0 aliphatic rings. The highest BCUT2D eigenvalue weighted by molar-refractivity contribution is 4.55. The van der Waals surface area contributed by atoms with Crippen molar-refractivity contribution in [3.8, 4) is 0 Å². The van der Waals surface area contributed by atoms with Crippen LogP contribution in [0.5, 0.6) is 0 Å². The van der Waals surface area contributed by atoms with E-state index in [4.69, 9.17) is 14.6 Å². The maximum atomic E-state index is 8.57. The Morgan fingerprint density at radius 3 is 2.10 bits per heavy atom. The Morgan fingerprint density at radius 1 is 1.30 bits per heavy atom. The number of hydrogen-bond donors (Lipinski definition) is 1. The molecule has 0 saturated carbocycles. The van der Waals surface area contributed by atoms with Gasteiger partial charge in [-0.05, 0) is 6.42 Å². The molecule has 0 aromatic carbocycles.